The summed E-state index contributed by atoms with van der Waals surface area (Å²) in [5.74, 6) is 0.531. The number of primary sulfonamides is 1. The highest BCUT2D eigenvalue weighted by Crippen LogP contribution is 2.68. The van der Waals surface area contributed by atoms with Crippen molar-refractivity contribution in [2.24, 2.45) is 21.9 Å². The third-order valence-corrected chi connectivity index (χ3v) is 6.54. The maximum absolute atomic E-state index is 11.6. The maximum Gasteiger partial charge on any atom is 0.238 e. The summed E-state index contributed by atoms with van der Waals surface area (Å²) in [7, 11) is -3.77. The summed E-state index contributed by atoms with van der Waals surface area (Å²) in [6.07, 6.45) is 0. The zero-order valence-corrected chi connectivity index (χ0v) is 14.1. The Hall–Kier alpha value is -1.27. The van der Waals surface area contributed by atoms with Crippen LogP contribution in [-0.2, 0) is 10.0 Å². The lowest BCUT2D eigenvalue weighted by Crippen LogP contribution is -2.16. The van der Waals surface area contributed by atoms with E-state index in [9.17, 15) is 8.42 Å². The molecule has 1 fully saturated rings. The average Bonchev–Trinajstić information content (AvgIpc) is 2.69. The van der Waals surface area contributed by atoms with E-state index >= 15 is 0 Å². The van der Waals surface area contributed by atoms with Crippen LogP contribution in [-0.4, -0.2) is 15.0 Å². The number of hydrogen-bond acceptors (Lipinski definition) is 4. The van der Waals surface area contributed by atoms with Gasteiger partial charge in [0.1, 0.15) is 0 Å². The van der Waals surface area contributed by atoms with Gasteiger partial charge in [0.05, 0.1) is 4.90 Å². The molecule has 0 amide bonds. The van der Waals surface area contributed by atoms with Gasteiger partial charge < -0.3 is 11.1 Å². The third kappa shape index (κ3) is 2.62. The minimum atomic E-state index is -3.77. The molecule has 5 nitrogen and oxygen atoms in total. The second-order valence-electron chi connectivity index (χ2n) is 7.11. The molecule has 21 heavy (non-hydrogen) atoms. The molecule has 1 aromatic rings. The van der Waals surface area contributed by atoms with Crippen LogP contribution >= 0.6 is 0 Å². The lowest BCUT2D eigenvalue weighted by Gasteiger charge is -2.14. The van der Waals surface area contributed by atoms with Gasteiger partial charge in [0, 0.05) is 17.9 Å². The van der Waals surface area contributed by atoms with Crippen molar-refractivity contribution in [2.45, 2.75) is 39.5 Å². The maximum atomic E-state index is 11.6. The van der Waals surface area contributed by atoms with E-state index < -0.39 is 10.0 Å². The van der Waals surface area contributed by atoms with E-state index in [1.807, 2.05) is 0 Å². The first kappa shape index (κ1) is 16.1. The third-order valence-electron chi connectivity index (χ3n) is 5.51. The van der Waals surface area contributed by atoms with Gasteiger partial charge in [0.25, 0.3) is 0 Å². The molecule has 0 heterocycles. The van der Waals surface area contributed by atoms with Crippen LogP contribution in [0.3, 0.4) is 0 Å². The summed E-state index contributed by atoms with van der Waals surface area (Å²) in [5, 5.41) is 8.58. The van der Waals surface area contributed by atoms with Crippen molar-refractivity contribution >= 4 is 21.4 Å². The van der Waals surface area contributed by atoms with Crippen LogP contribution < -0.4 is 16.2 Å². The van der Waals surface area contributed by atoms with E-state index in [1.165, 1.54) is 6.07 Å². The molecule has 118 valence electrons. The molecule has 1 saturated carbocycles. The van der Waals surface area contributed by atoms with E-state index in [0.717, 1.165) is 12.2 Å². The molecule has 6 heteroatoms. The van der Waals surface area contributed by atoms with Gasteiger partial charge in [-0.25, -0.2) is 13.6 Å². The number of nitrogens with two attached hydrogens (primary N) is 2. The predicted molar refractivity (Wildman–Crippen MR) is 86.5 cm³/mol. The van der Waals surface area contributed by atoms with Gasteiger partial charge in [-0.2, -0.15) is 0 Å². The van der Waals surface area contributed by atoms with E-state index in [-0.39, 0.29) is 15.7 Å². The molecule has 5 N–H and O–H groups in total. The number of nitrogen functional groups attached to an aromatic ring is 1. The Morgan fingerprint density at radius 3 is 2.14 bits per heavy atom. The average molecular weight is 311 g/mol. The fraction of sp³-hybridized carbons (Fsp3) is 0.600. The zero-order chi connectivity index (χ0) is 16.2. The highest BCUT2D eigenvalue weighted by atomic mass is 32.2. The lowest BCUT2D eigenvalue weighted by molar-refractivity contribution is 0.457. The number of hydrogen-bond donors (Lipinski definition) is 3. The quantitative estimate of drug-likeness (QED) is 0.743. The van der Waals surface area contributed by atoms with Gasteiger partial charge >= 0.3 is 0 Å². The Kier molecular flexibility index (Phi) is 3.54. The zero-order valence-electron chi connectivity index (χ0n) is 13.3. The van der Waals surface area contributed by atoms with Crippen LogP contribution in [0.15, 0.2) is 17.0 Å². The first-order chi connectivity index (χ1) is 9.39. The van der Waals surface area contributed by atoms with Gasteiger partial charge in [-0.05, 0) is 41.4 Å². The fourth-order valence-corrected chi connectivity index (χ4v) is 4.08. The summed E-state index contributed by atoms with van der Waals surface area (Å²) in [6.45, 7) is 11.5. The first-order valence-corrected chi connectivity index (χ1v) is 8.60. The predicted octanol–water partition coefficient (Wildman–Crippen LogP) is 2.32. The number of anilines is 2. The molecule has 0 bridgehead atoms. The van der Waals surface area contributed by atoms with Gasteiger partial charge in [0.15, 0.2) is 0 Å². The summed E-state index contributed by atoms with van der Waals surface area (Å²) in [4.78, 5) is 0.0827. The minimum Gasteiger partial charge on any atom is -0.399 e. The molecule has 2 rings (SSSR count). The second kappa shape index (κ2) is 4.61. The summed E-state index contributed by atoms with van der Waals surface area (Å²) in [5.41, 5.74) is 8.08. The molecule has 0 aromatic heterocycles. The molecule has 0 spiro atoms. The van der Waals surface area contributed by atoms with Gasteiger partial charge in [-0.1, -0.05) is 27.7 Å². The molecule has 1 aliphatic rings. The molecule has 0 atom stereocenters. The Bertz CT molecular complexity index is 664. The van der Waals surface area contributed by atoms with Crippen LogP contribution in [0.5, 0.6) is 0 Å². The summed E-state index contributed by atoms with van der Waals surface area (Å²) >= 11 is 0. The number of sulfonamides is 1. The molecule has 1 aromatic carbocycles. The van der Waals surface area contributed by atoms with Crippen molar-refractivity contribution in [1.82, 2.24) is 0 Å². The number of benzene rings is 1. The molecule has 1 aliphatic carbocycles. The van der Waals surface area contributed by atoms with E-state index in [4.69, 9.17) is 10.9 Å². The van der Waals surface area contributed by atoms with Crippen molar-refractivity contribution in [3.63, 3.8) is 0 Å². The van der Waals surface area contributed by atoms with Crippen molar-refractivity contribution in [2.75, 3.05) is 17.6 Å². The molecular formula is C15H25N3O2S. The molecule has 0 aliphatic heterocycles. The van der Waals surface area contributed by atoms with Crippen LogP contribution in [0.2, 0.25) is 0 Å². The highest BCUT2D eigenvalue weighted by Gasteiger charge is 2.64. The number of rotatable bonds is 4. The molecule has 0 saturated heterocycles. The van der Waals surface area contributed by atoms with Crippen molar-refractivity contribution in [1.29, 1.82) is 0 Å². The minimum absolute atomic E-state index is 0.0827. The molecule has 0 radical (unpaired) electrons. The van der Waals surface area contributed by atoms with Gasteiger partial charge in [-0.3, -0.25) is 0 Å². The standard InChI is InChI=1S/C15H25N3O2S/c1-9-11(6-10(16)7-12(9)21(17,19)20)18-8-13-14(2,3)15(13,4)5/h6-7,13,18H,8,16H2,1-5H3,(H2,17,19,20). The van der Waals surface area contributed by atoms with E-state index in [0.29, 0.717) is 17.2 Å². The van der Waals surface area contributed by atoms with Crippen molar-refractivity contribution < 1.29 is 8.42 Å². The SMILES string of the molecule is Cc1c(NCC2C(C)(C)C2(C)C)cc(N)cc1S(N)(=O)=O. The fourth-order valence-electron chi connectivity index (χ4n) is 3.24. The smallest absolute Gasteiger partial charge is 0.238 e. The Labute approximate surface area is 127 Å². The lowest BCUT2D eigenvalue weighted by atomic mass is 10.0. The molecular weight excluding hydrogens is 286 g/mol. The highest BCUT2D eigenvalue weighted by molar-refractivity contribution is 7.89. The van der Waals surface area contributed by atoms with Crippen LogP contribution in [0.1, 0.15) is 33.3 Å². The van der Waals surface area contributed by atoms with Crippen LogP contribution in [0.25, 0.3) is 0 Å². The second-order valence-corrected chi connectivity index (χ2v) is 8.64. The van der Waals surface area contributed by atoms with Crippen molar-refractivity contribution in [3.8, 4) is 0 Å². The van der Waals surface area contributed by atoms with Crippen LogP contribution in [0.4, 0.5) is 11.4 Å². The largest absolute Gasteiger partial charge is 0.399 e. The summed E-state index contributed by atoms with van der Waals surface area (Å²) < 4.78 is 23.2. The monoisotopic (exact) mass is 311 g/mol. The molecule has 0 unspecified atom stereocenters. The Morgan fingerprint density at radius 1 is 1.19 bits per heavy atom. The van der Waals surface area contributed by atoms with Crippen LogP contribution in [0, 0.1) is 23.7 Å². The first-order valence-electron chi connectivity index (χ1n) is 7.06. The van der Waals surface area contributed by atoms with E-state index in [1.54, 1.807) is 13.0 Å². The summed E-state index contributed by atoms with van der Waals surface area (Å²) in [6, 6.07) is 3.16. The van der Waals surface area contributed by atoms with Gasteiger partial charge in [-0.15, -0.1) is 0 Å². The Morgan fingerprint density at radius 2 is 1.71 bits per heavy atom. The topological polar surface area (TPSA) is 98.2 Å². The van der Waals surface area contributed by atoms with Gasteiger partial charge in [0.2, 0.25) is 10.0 Å². The number of nitrogens with one attached hydrogen (secondary N) is 1. The van der Waals surface area contributed by atoms with E-state index in [2.05, 4.69) is 33.0 Å². The normalized spacial score (nSPS) is 20.3. The Balaban J connectivity index is 2.25. The van der Waals surface area contributed by atoms with Crippen molar-refractivity contribution in [3.05, 3.63) is 17.7 Å².